The predicted octanol–water partition coefficient (Wildman–Crippen LogP) is 3.69. The second-order valence-corrected chi connectivity index (χ2v) is 7.96. The highest BCUT2D eigenvalue weighted by Gasteiger charge is 2.50. The largest absolute Gasteiger partial charge is 0.351 e. The Labute approximate surface area is 171 Å². The molecule has 2 aliphatic rings. The lowest BCUT2D eigenvalue weighted by Gasteiger charge is -2.23. The highest BCUT2D eigenvalue weighted by Crippen LogP contribution is 2.39. The van der Waals surface area contributed by atoms with Gasteiger partial charge in [0.25, 0.3) is 0 Å². The first kappa shape index (κ1) is 19.0. The molecule has 0 bridgehead atoms. The van der Waals surface area contributed by atoms with Crippen LogP contribution in [0, 0.1) is 0 Å². The molecule has 1 amide bonds. The third-order valence-electron chi connectivity index (χ3n) is 6.30. The molecular formula is C22H25ClN4O. The van der Waals surface area contributed by atoms with Gasteiger partial charge in [0.1, 0.15) is 5.54 Å². The van der Waals surface area contributed by atoms with Crippen molar-refractivity contribution in [2.45, 2.75) is 30.8 Å². The number of halogens is 1. The normalized spacial score (nSPS) is 24.3. The maximum absolute atomic E-state index is 12.6. The van der Waals surface area contributed by atoms with Gasteiger partial charge in [-0.3, -0.25) is 15.1 Å². The lowest BCUT2D eigenvalue weighted by atomic mass is 9.96. The van der Waals surface area contributed by atoms with Gasteiger partial charge in [0.05, 0.1) is 11.7 Å². The van der Waals surface area contributed by atoms with E-state index in [4.69, 9.17) is 0 Å². The first-order valence-corrected chi connectivity index (χ1v) is 9.60. The summed E-state index contributed by atoms with van der Waals surface area (Å²) < 4.78 is 2.13. The topological polar surface area (TPSA) is 50.2 Å². The predicted molar refractivity (Wildman–Crippen MR) is 113 cm³/mol. The van der Waals surface area contributed by atoms with Crippen LogP contribution < -0.4 is 5.32 Å². The standard InChI is InChI=1S/C22H24N4O.ClH/c1-25-11-7-17-13-15(3-4-20(17)25)16-6-10-23-19(14-16)18-5-8-22(24-18)9-12-26(2)21(22)27;/h3-4,6-7,10-11,13-14,18,24H,5,8-9,12H2,1-2H3;1H/t18-,22+;/m1./s1. The summed E-state index contributed by atoms with van der Waals surface area (Å²) in [5, 5.41) is 4.86. The number of aryl methyl sites for hydroxylation is 1. The van der Waals surface area contributed by atoms with Gasteiger partial charge in [-0.05, 0) is 60.7 Å². The van der Waals surface area contributed by atoms with E-state index in [9.17, 15) is 4.79 Å². The Bertz CT molecular complexity index is 1050. The monoisotopic (exact) mass is 396 g/mol. The van der Waals surface area contributed by atoms with Crippen molar-refractivity contribution in [1.29, 1.82) is 0 Å². The first-order valence-electron chi connectivity index (χ1n) is 9.60. The van der Waals surface area contributed by atoms with E-state index < -0.39 is 0 Å². The number of likely N-dealkylation sites (tertiary alicyclic amines) is 1. The van der Waals surface area contributed by atoms with Crippen molar-refractivity contribution < 1.29 is 4.79 Å². The van der Waals surface area contributed by atoms with Gasteiger partial charge >= 0.3 is 0 Å². The Morgan fingerprint density at radius 2 is 1.93 bits per heavy atom. The van der Waals surface area contributed by atoms with Gasteiger partial charge in [0, 0.05) is 43.9 Å². The third-order valence-corrected chi connectivity index (χ3v) is 6.30. The number of aromatic nitrogens is 2. The van der Waals surface area contributed by atoms with E-state index in [1.54, 1.807) is 0 Å². The zero-order valence-electron chi connectivity index (χ0n) is 16.2. The van der Waals surface area contributed by atoms with Crippen LogP contribution in [0.5, 0.6) is 0 Å². The van der Waals surface area contributed by atoms with Crippen LogP contribution in [0.4, 0.5) is 0 Å². The van der Waals surface area contributed by atoms with Crippen molar-refractivity contribution in [3.05, 3.63) is 54.5 Å². The molecule has 2 aliphatic heterocycles. The van der Waals surface area contributed by atoms with Crippen molar-refractivity contribution in [1.82, 2.24) is 19.8 Å². The molecule has 5 nitrogen and oxygen atoms in total. The summed E-state index contributed by atoms with van der Waals surface area (Å²) in [7, 11) is 3.96. The van der Waals surface area contributed by atoms with Crippen molar-refractivity contribution in [3.8, 4) is 11.1 Å². The Balaban J connectivity index is 0.00000192. The van der Waals surface area contributed by atoms with Crippen molar-refractivity contribution >= 4 is 29.2 Å². The molecule has 1 spiro atoms. The van der Waals surface area contributed by atoms with Crippen LogP contribution in [0.15, 0.2) is 48.8 Å². The average molecular weight is 397 g/mol. The van der Waals surface area contributed by atoms with Crippen molar-refractivity contribution in [2.75, 3.05) is 13.6 Å². The number of benzene rings is 1. The Morgan fingerprint density at radius 3 is 2.71 bits per heavy atom. The third kappa shape index (κ3) is 2.90. The molecule has 146 valence electrons. The highest BCUT2D eigenvalue weighted by atomic mass is 35.5. The quantitative estimate of drug-likeness (QED) is 0.718. The number of amides is 1. The van der Waals surface area contributed by atoms with Crippen LogP contribution >= 0.6 is 12.4 Å². The second-order valence-electron chi connectivity index (χ2n) is 7.96. The summed E-state index contributed by atoms with van der Waals surface area (Å²) in [6.45, 7) is 0.836. The summed E-state index contributed by atoms with van der Waals surface area (Å²) >= 11 is 0. The van der Waals surface area contributed by atoms with Crippen LogP contribution in [0.1, 0.15) is 31.0 Å². The molecule has 5 rings (SSSR count). The number of rotatable bonds is 2. The SMILES string of the molecule is CN1CC[C@@]2(CC[C@H](c3cc(-c4ccc5c(ccn5C)c4)ccn3)N2)C1=O.Cl. The molecule has 6 heteroatoms. The maximum atomic E-state index is 12.6. The minimum absolute atomic E-state index is 0. The number of pyridine rings is 1. The molecule has 2 saturated heterocycles. The average Bonchev–Trinajstić information content (AvgIpc) is 3.37. The molecular weight excluding hydrogens is 372 g/mol. The number of hydrogen-bond donors (Lipinski definition) is 1. The summed E-state index contributed by atoms with van der Waals surface area (Å²) in [4.78, 5) is 19.0. The smallest absolute Gasteiger partial charge is 0.242 e. The van der Waals surface area contributed by atoms with Gasteiger partial charge in [-0.2, -0.15) is 0 Å². The van der Waals surface area contributed by atoms with Crippen LogP contribution in [-0.4, -0.2) is 39.5 Å². The van der Waals surface area contributed by atoms with Crippen molar-refractivity contribution in [3.63, 3.8) is 0 Å². The highest BCUT2D eigenvalue weighted by molar-refractivity contribution is 5.89. The molecule has 0 radical (unpaired) electrons. The van der Waals surface area contributed by atoms with Gasteiger partial charge in [-0.15, -0.1) is 12.4 Å². The minimum Gasteiger partial charge on any atom is -0.351 e. The van der Waals surface area contributed by atoms with Crippen LogP contribution in [0.2, 0.25) is 0 Å². The van der Waals surface area contributed by atoms with E-state index in [-0.39, 0.29) is 29.9 Å². The molecule has 0 aliphatic carbocycles. The number of fused-ring (bicyclic) bond motifs is 1. The summed E-state index contributed by atoms with van der Waals surface area (Å²) in [6.07, 6.45) is 6.71. The van der Waals surface area contributed by atoms with Gasteiger partial charge in [-0.1, -0.05) is 6.07 Å². The van der Waals surface area contributed by atoms with Gasteiger partial charge in [0.2, 0.25) is 5.91 Å². The Kier molecular flexibility index (Phi) is 4.68. The van der Waals surface area contributed by atoms with Gasteiger partial charge in [-0.25, -0.2) is 0 Å². The fourth-order valence-electron chi connectivity index (χ4n) is 4.67. The van der Waals surface area contributed by atoms with E-state index in [1.807, 2.05) is 18.1 Å². The van der Waals surface area contributed by atoms with E-state index in [0.717, 1.165) is 31.5 Å². The molecule has 1 aromatic carbocycles. The number of hydrogen-bond acceptors (Lipinski definition) is 3. The van der Waals surface area contributed by atoms with Gasteiger partial charge < -0.3 is 9.47 Å². The zero-order chi connectivity index (χ0) is 18.6. The van der Waals surface area contributed by atoms with Crippen LogP contribution in [0.25, 0.3) is 22.0 Å². The molecule has 1 N–H and O–H groups in total. The molecule has 0 unspecified atom stereocenters. The van der Waals surface area contributed by atoms with Crippen molar-refractivity contribution in [2.24, 2.45) is 7.05 Å². The molecule has 0 saturated carbocycles. The molecule has 4 heterocycles. The lowest BCUT2D eigenvalue weighted by Crippen LogP contribution is -2.47. The fraction of sp³-hybridized carbons (Fsp3) is 0.364. The summed E-state index contributed by atoms with van der Waals surface area (Å²) in [5.41, 5.74) is 4.25. The Hall–Kier alpha value is -2.37. The molecule has 2 fully saturated rings. The van der Waals surface area contributed by atoms with E-state index in [2.05, 4.69) is 64.5 Å². The number of nitrogens with zero attached hydrogens (tertiary/aromatic N) is 3. The molecule has 28 heavy (non-hydrogen) atoms. The fourth-order valence-corrected chi connectivity index (χ4v) is 4.67. The van der Waals surface area contributed by atoms with Crippen LogP contribution in [0.3, 0.4) is 0 Å². The number of carbonyl (C=O) groups is 1. The number of nitrogens with one attached hydrogen (secondary N) is 1. The molecule has 2 atom stereocenters. The summed E-state index contributed by atoms with van der Waals surface area (Å²) in [6, 6.07) is 13.1. The second kappa shape index (κ2) is 6.90. The molecule has 3 aromatic rings. The van der Waals surface area contributed by atoms with Gasteiger partial charge in [0.15, 0.2) is 0 Å². The number of likely N-dealkylation sites (N-methyl/N-ethyl adjacent to an activating group) is 1. The number of carbonyl (C=O) groups excluding carboxylic acids is 1. The van der Waals surface area contributed by atoms with Crippen LogP contribution in [-0.2, 0) is 11.8 Å². The van der Waals surface area contributed by atoms with E-state index >= 15 is 0 Å². The Morgan fingerprint density at radius 1 is 1.11 bits per heavy atom. The summed E-state index contributed by atoms with van der Waals surface area (Å²) in [5.74, 6) is 0.232. The van der Waals surface area contributed by atoms with E-state index in [0.29, 0.717) is 0 Å². The zero-order valence-corrected chi connectivity index (χ0v) is 17.0. The lowest BCUT2D eigenvalue weighted by molar-refractivity contribution is -0.131. The first-order chi connectivity index (χ1) is 13.1. The molecule has 2 aromatic heterocycles. The maximum Gasteiger partial charge on any atom is 0.242 e. The minimum atomic E-state index is -0.375. The van der Waals surface area contributed by atoms with E-state index in [1.165, 1.54) is 22.0 Å².